The number of aromatic amines is 1. The summed E-state index contributed by atoms with van der Waals surface area (Å²) >= 11 is 6.72. The van der Waals surface area contributed by atoms with Crippen molar-refractivity contribution in [1.29, 1.82) is 0 Å². The second-order valence-corrected chi connectivity index (χ2v) is 8.69. The standard InChI is InChI=1S/C21H22ClN7/c1-28-10-16-17(27-28)5-4-14(19(16)22)15-8-25-21-20(15)24-9-18(26-21)29-12-2-3-13(29)7-11(23)6-12/h4-5,8-13H,2-3,6-7,23H2,1H3,(H,25,26). The van der Waals surface area contributed by atoms with Crippen LogP contribution in [0, 0.1) is 0 Å². The summed E-state index contributed by atoms with van der Waals surface area (Å²) in [6.45, 7) is 0. The molecule has 0 radical (unpaired) electrons. The minimum atomic E-state index is 0.307. The van der Waals surface area contributed by atoms with Gasteiger partial charge in [-0.15, -0.1) is 0 Å². The molecule has 4 aromatic rings. The highest BCUT2D eigenvalue weighted by Gasteiger charge is 2.40. The van der Waals surface area contributed by atoms with Crippen LogP contribution in [0.2, 0.25) is 5.02 Å². The molecule has 2 aliphatic rings. The normalized spacial score (nSPS) is 24.1. The lowest BCUT2D eigenvalue weighted by molar-refractivity contribution is 0.412. The van der Waals surface area contributed by atoms with Gasteiger partial charge in [0.05, 0.1) is 16.7 Å². The Morgan fingerprint density at radius 2 is 1.97 bits per heavy atom. The molecule has 7 nitrogen and oxygen atoms in total. The van der Waals surface area contributed by atoms with Gasteiger partial charge in [0.25, 0.3) is 0 Å². The van der Waals surface area contributed by atoms with E-state index < -0.39 is 0 Å². The van der Waals surface area contributed by atoms with E-state index in [2.05, 4.69) is 15.0 Å². The maximum absolute atomic E-state index is 6.72. The fourth-order valence-corrected chi connectivity index (χ4v) is 5.51. The molecule has 0 aliphatic carbocycles. The van der Waals surface area contributed by atoms with Crippen molar-refractivity contribution in [3.8, 4) is 11.1 Å². The lowest BCUT2D eigenvalue weighted by Gasteiger charge is -2.38. The largest absolute Gasteiger partial charge is 0.349 e. The molecule has 2 atom stereocenters. The molecular formula is C21H22ClN7. The van der Waals surface area contributed by atoms with Crippen LogP contribution in [0.15, 0.2) is 30.7 Å². The molecule has 29 heavy (non-hydrogen) atoms. The highest BCUT2D eigenvalue weighted by Crippen LogP contribution is 2.40. The number of aromatic nitrogens is 5. The average molecular weight is 408 g/mol. The number of nitrogens with one attached hydrogen (secondary N) is 1. The van der Waals surface area contributed by atoms with Crippen molar-refractivity contribution in [2.24, 2.45) is 12.8 Å². The molecule has 0 amide bonds. The number of benzene rings is 1. The van der Waals surface area contributed by atoms with Crippen molar-refractivity contribution in [3.05, 3.63) is 35.7 Å². The number of fused-ring (bicyclic) bond motifs is 4. The second-order valence-electron chi connectivity index (χ2n) is 8.31. The van der Waals surface area contributed by atoms with Crippen LogP contribution in [0.4, 0.5) is 5.82 Å². The Hall–Kier alpha value is -2.64. The van der Waals surface area contributed by atoms with Gasteiger partial charge < -0.3 is 15.6 Å². The zero-order valence-corrected chi connectivity index (χ0v) is 16.9. The number of rotatable bonds is 2. The van der Waals surface area contributed by atoms with Crippen LogP contribution in [-0.2, 0) is 7.05 Å². The third kappa shape index (κ3) is 2.57. The van der Waals surface area contributed by atoms with Gasteiger partial charge in [0.1, 0.15) is 11.3 Å². The van der Waals surface area contributed by atoms with E-state index >= 15 is 0 Å². The van der Waals surface area contributed by atoms with Crippen molar-refractivity contribution in [2.75, 3.05) is 4.90 Å². The van der Waals surface area contributed by atoms with E-state index in [0.29, 0.717) is 23.1 Å². The van der Waals surface area contributed by atoms with Gasteiger partial charge in [-0.25, -0.2) is 9.97 Å². The number of hydrogen-bond acceptors (Lipinski definition) is 5. The fraction of sp³-hybridized carbons (Fsp3) is 0.381. The first kappa shape index (κ1) is 17.2. The number of halogens is 1. The zero-order valence-electron chi connectivity index (χ0n) is 16.1. The summed E-state index contributed by atoms with van der Waals surface area (Å²) in [4.78, 5) is 15.4. The molecule has 0 spiro atoms. The van der Waals surface area contributed by atoms with Crippen molar-refractivity contribution in [1.82, 2.24) is 24.7 Å². The lowest BCUT2D eigenvalue weighted by Crippen LogP contribution is -2.47. The van der Waals surface area contributed by atoms with Gasteiger partial charge in [0.2, 0.25) is 0 Å². The Balaban J connectivity index is 1.42. The molecule has 2 unspecified atom stereocenters. The van der Waals surface area contributed by atoms with Crippen LogP contribution < -0.4 is 10.6 Å². The predicted molar refractivity (Wildman–Crippen MR) is 115 cm³/mol. The average Bonchev–Trinajstić information content (AvgIpc) is 3.36. The minimum Gasteiger partial charge on any atom is -0.349 e. The molecule has 8 heteroatoms. The van der Waals surface area contributed by atoms with Gasteiger partial charge in [-0.05, 0) is 31.7 Å². The monoisotopic (exact) mass is 407 g/mol. The maximum Gasteiger partial charge on any atom is 0.159 e. The number of anilines is 1. The van der Waals surface area contributed by atoms with E-state index in [4.69, 9.17) is 27.3 Å². The molecule has 2 aliphatic heterocycles. The van der Waals surface area contributed by atoms with Crippen LogP contribution >= 0.6 is 11.6 Å². The molecular weight excluding hydrogens is 386 g/mol. The van der Waals surface area contributed by atoms with Gasteiger partial charge in [-0.3, -0.25) is 4.68 Å². The van der Waals surface area contributed by atoms with Crippen LogP contribution in [0.3, 0.4) is 0 Å². The van der Waals surface area contributed by atoms with Crippen molar-refractivity contribution >= 4 is 39.5 Å². The van der Waals surface area contributed by atoms with E-state index in [1.54, 1.807) is 4.68 Å². The Labute approximate surface area is 172 Å². The highest BCUT2D eigenvalue weighted by atomic mass is 35.5. The Morgan fingerprint density at radius 1 is 1.17 bits per heavy atom. The summed E-state index contributed by atoms with van der Waals surface area (Å²) in [5.74, 6) is 0.944. The first-order valence-electron chi connectivity index (χ1n) is 10.1. The molecule has 3 N–H and O–H groups in total. The topological polar surface area (TPSA) is 88.7 Å². The third-order valence-electron chi connectivity index (χ3n) is 6.43. The number of H-pyrrole nitrogens is 1. The number of piperidine rings is 1. The third-order valence-corrected chi connectivity index (χ3v) is 6.84. The predicted octanol–water partition coefficient (Wildman–Crippen LogP) is 3.62. The lowest BCUT2D eigenvalue weighted by atomic mass is 9.98. The van der Waals surface area contributed by atoms with Gasteiger partial charge in [0, 0.05) is 54.1 Å². The summed E-state index contributed by atoms with van der Waals surface area (Å²) in [7, 11) is 1.90. The summed E-state index contributed by atoms with van der Waals surface area (Å²) in [5, 5.41) is 6.05. The van der Waals surface area contributed by atoms with Crippen LogP contribution in [0.1, 0.15) is 25.7 Å². The highest BCUT2D eigenvalue weighted by molar-refractivity contribution is 6.38. The van der Waals surface area contributed by atoms with Crippen LogP contribution in [-0.4, -0.2) is 42.9 Å². The zero-order chi connectivity index (χ0) is 19.7. The molecule has 2 fully saturated rings. The Morgan fingerprint density at radius 3 is 2.76 bits per heavy atom. The van der Waals surface area contributed by atoms with E-state index in [1.165, 1.54) is 12.8 Å². The first-order valence-corrected chi connectivity index (χ1v) is 10.5. The van der Waals surface area contributed by atoms with Gasteiger partial charge in [-0.1, -0.05) is 17.7 Å². The molecule has 148 valence electrons. The molecule has 0 saturated carbocycles. The summed E-state index contributed by atoms with van der Waals surface area (Å²) < 4.78 is 1.78. The van der Waals surface area contributed by atoms with E-state index in [0.717, 1.165) is 51.9 Å². The Bertz CT molecular complexity index is 1230. The van der Waals surface area contributed by atoms with Gasteiger partial charge >= 0.3 is 0 Å². The minimum absolute atomic E-state index is 0.307. The summed E-state index contributed by atoms with van der Waals surface area (Å²) in [6.07, 6.45) is 10.2. The molecule has 2 saturated heterocycles. The van der Waals surface area contributed by atoms with Crippen LogP contribution in [0.25, 0.3) is 33.2 Å². The van der Waals surface area contributed by atoms with E-state index in [9.17, 15) is 0 Å². The molecule has 5 heterocycles. The van der Waals surface area contributed by atoms with Gasteiger partial charge in [0.15, 0.2) is 5.65 Å². The van der Waals surface area contributed by atoms with Crippen molar-refractivity contribution in [2.45, 2.75) is 43.8 Å². The summed E-state index contributed by atoms with van der Waals surface area (Å²) in [6, 6.07) is 5.26. The molecule has 1 aromatic carbocycles. The number of aryl methyl sites for hydroxylation is 1. The first-order chi connectivity index (χ1) is 14.1. The second kappa shape index (κ2) is 6.18. The molecule has 3 aromatic heterocycles. The quantitative estimate of drug-likeness (QED) is 0.529. The Kier molecular flexibility index (Phi) is 3.67. The number of nitrogens with zero attached hydrogens (tertiary/aromatic N) is 5. The number of hydrogen-bond donors (Lipinski definition) is 2. The van der Waals surface area contributed by atoms with Crippen molar-refractivity contribution < 1.29 is 0 Å². The van der Waals surface area contributed by atoms with Crippen molar-refractivity contribution in [3.63, 3.8) is 0 Å². The van der Waals surface area contributed by atoms with Crippen LogP contribution in [0.5, 0.6) is 0 Å². The molecule has 6 rings (SSSR count). The fourth-order valence-electron chi connectivity index (χ4n) is 5.20. The SMILES string of the molecule is Cn1cc2c(Cl)c(-c3c[nH]c4nc(N5C6CCC5CC(N)C6)cnc34)ccc2n1. The molecule has 2 bridgehead atoms. The number of nitrogens with two attached hydrogens (primary N) is 1. The maximum atomic E-state index is 6.72. The van der Waals surface area contributed by atoms with E-state index in [1.807, 2.05) is 37.8 Å². The smallest absolute Gasteiger partial charge is 0.159 e. The summed E-state index contributed by atoms with van der Waals surface area (Å²) in [5.41, 5.74) is 10.6. The van der Waals surface area contributed by atoms with E-state index in [-0.39, 0.29) is 0 Å². The van der Waals surface area contributed by atoms with Gasteiger partial charge in [-0.2, -0.15) is 5.10 Å².